The first-order valence-electron chi connectivity index (χ1n) is 15.1. The van der Waals surface area contributed by atoms with Crippen LogP contribution in [0.4, 0.5) is 4.79 Å². The molecular weight excluding hydrogens is 454 g/mol. The molecule has 0 bridgehead atoms. The van der Waals surface area contributed by atoms with Crippen LogP contribution in [0.1, 0.15) is 97.8 Å². The third-order valence-corrected chi connectivity index (χ3v) is 12.2. The minimum absolute atomic E-state index is 0.193. The standard InChI is InChI=1S/C30H51NO5/c1-4-22-25-18-21(33)9-13-30(25,3)24-10-14-29(2)19(7-8-23(29)26(24)27(22)34)6-5-17-36-28(35)31-15-11-20(32)12-16-31/h19-27,32-34H,4-18H2,1-3H3/t19-,21+,22+,23-,24-,25-,26-,27+,29+,30+/m0/s1. The molecule has 0 radical (unpaired) electrons. The third-order valence-electron chi connectivity index (χ3n) is 12.2. The van der Waals surface area contributed by atoms with Gasteiger partial charge in [0.1, 0.15) is 0 Å². The molecular formula is C30H51NO5. The van der Waals surface area contributed by atoms with Gasteiger partial charge in [-0.05, 0) is 117 Å². The van der Waals surface area contributed by atoms with Gasteiger partial charge in [-0.25, -0.2) is 4.79 Å². The Kier molecular flexibility index (Phi) is 7.71. The lowest BCUT2D eigenvalue weighted by atomic mass is 9.41. The van der Waals surface area contributed by atoms with Gasteiger partial charge in [-0.15, -0.1) is 0 Å². The first-order chi connectivity index (χ1) is 17.2. The summed E-state index contributed by atoms with van der Waals surface area (Å²) in [6.45, 7) is 8.90. The molecule has 0 aromatic rings. The number of fused-ring (bicyclic) bond motifs is 5. The van der Waals surface area contributed by atoms with E-state index in [4.69, 9.17) is 4.74 Å². The number of ether oxygens (including phenoxy) is 1. The second-order valence-corrected chi connectivity index (χ2v) is 13.7. The SMILES string of the molecule is CC[C@H]1[C@@H](O)[C@@H]2[C@H](CC[C@]3(C)[C@@H](CCCOC(=O)N4CCC(O)CC4)CC[C@@H]23)[C@@]2(C)CC[C@@H](O)C[C@@H]12. The van der Waals surface area contributed by atoms with E-state index in [0.29, 0.717) is 68.0 Å². The molecule has 3 N–H and O–H groups in total. The molecule has 4 saturated carbocycles. The number of amides is 1. The highest BCUT2D eigenvalue weighted by Gasteiger charge is 2.64. The number of hydrogen-bond acceptors (Lipinski definition) is 5. The highest BCUT2D eigenvalue weighted by atomic mass is 16.6. The molecule has 0 unspecified atom stereocenters. The molecule has 4 aliphatic carbocycles. The molecule has 1 heterocycles. The predicted molar refractivity (Wildman–Crippen MR) is 139 cm³/mol. The van der Waals surface area contributed by atoms with Crippen molar-refractivity contribution >= 4 is 6.09 Å². The fourth-order valence-corrected chi connectivity index (χ4v) is 10.2. The van der Waals surface area contributed by atoms with Crippen LogP contribution >= 0.6 is 0 Å². The Labute approximate surface area is 218 Å². The average molecular weight is 506 g/mol. The van der Waals surface area contributed by atoms with Crippen molar-refractivity contribution in [3.05, 3.63) is 0 Å². The maximum absolute atomic E-state index is 12.4. The molecule has 5 rings (SSSR count). The molecule has 206 valence electrons. The minimum atomic E-state index is -0.284. The molecule has 1 aliphatic heterocycles. The number of carbonyl (C=O) groups is 1. The van der Waals surface area contributed by atoms with E-state index in [9.17, 15) is 20.1 Å². The topological polar surface area (TPSA) is 90.2 Å². The van der Waals surface area contributed by atoms with Gasteiger partial charge in [0.2, 0.25) is 0 Å². The average Bonchev–Trinajstić information content (AvgIpc) is 3.19. The summed E-state index contributed by atoms with van der Waals surface area (Å²) in [5.41, 5.74) is 0.521. The van der Waals surface area contributed by atoms with Crippen LogP contribution in [0.3, 0.4) is 0 Å². The first-order valence-corrected chi connectivity index (χ1v) is 15.1. The van der Waals surface area contributed by atoms with Gasteiger partial charge in [0.15, 0.2) is 0 Å². The van der Waals surface area contributed by atoms with E-state index in [0.717, 1.165) is 38.5 Å². The van der Waals surface area contributed by atoms with Crippen LogP contribution in [0.15, 0.2) is 0 Å². The molecule has 6 nitrogen and oxygen atoms in total. The van der Waals surface area contributed by atoms with Gasteiger partial charge in [-0.1, -0.05) is 27.2 Å². The van der Waals surface area contributed by atoms with E-state index in [2.05, 4.69) is 20.8 Å². The van der Waals surface area contributed by atoms with Crippen molar-refractivity contribution in [1.29, 1.82) is 0 Å². The molecule has 0 aromatic heterocycles. The Morgan fingerprint density at radius 2 is 1.58 bits per heavy atom. The van der Waals surface area contributed by atoms with Crippen LogP contribution in [0.2, 0.25) is 0 Å². The van der Waals surface area contributed by atoms with E-state index in [-0.39, 0.29) is 35.2 Å². The van der Waals surface area contributed by atoms with Crippen LogP contribution < -0.4 is 0 Å². The van der Waals surface area contributed by atoms with Gasteiger partial charge < -0.3 is 25.0 Å². The predicted octanol–water partition coefficient (Wildman–Crippen LogP) is 4.99. The summed E-state index contributed by atoms with van der Waals surface area (Å²) in [4.78, 5) is 14.1. The number of likely N-dealkylation sites (tertiary alicyclic amines) is 1. The summed E-state index contributed by atoms with van der Waals surface area (Å²) < 4.78 is 5.60. The fraction of sp³-hybridized carbons (Fsp3) is 0.967. The van der Waals surface area contributed by atoms with Crippen LogP contribution in [-0.2, 0) is 4.74 Å². The fourth-order valence-electron chi connectivity index (χ4n) is 10.2. The van der Waals surface area contributed by atoms with Crippen molar-refractivity contribution in [1.82, 2.24) is 4.90 Å². The highest BCUT2D eigenvalue weighted by Crippen LogP contribution is 2.69. The van der Waals surface area contributed by atoms with Gasteiger partial charge in [0, 0.05) is 13.1 Å². The Morgan fingerprint density at radius 3 is 2.31 bits per heavy atom. The zero-order valence-corrected chi connectivity index (χ0v) is 22.9. The Hall–Kier alpha value is -0.850. The molecule has 36 heavy (non-hydrogen) atoms. The van der Waals surface area contributed by atoms with E-state index in [1.54, 1.807) is 4.90 Å². The monoisotopic (exact) mass is 505 g/mol. The van der Waals surface area contributed by atoms with Crippen molar-refractivity contribution in [3.63, 3.8) is 0 Å². The molecule has 6 heteroatoms. The van der Waals surface area contributed by atoms with Gasteiger partial charge in [0.05, 0.1) is 24.9 Å². The lowest BCUT2D eigenvalue weighted by Crippen LogP contribution is -2.62. The van der Waals surface area contributed by atoms with Gasteiger partial charge in [-0.3, -0.25) is 0 Å². The van der Waals surface area contributed by atoms with Crippen molar-refractivity contribution in [2.75, 3.05) is 19.7 Å². The maximum atomic E-state index is 12.4. The second-order valence-electron chi connectivity index (χ2n) is 13.7. The largest absolute Gasteiger partial charge is 0.449 e. The number of nitrogens with zero attached hydrogens (tertiary/aromatic N) is 1. The lowest BCUT2D eigenvalue weighted by Gasteiger charge is -2.64. The van der Waals surface area contributed by atoms with Crippen molar-refractivity contribution in [2.24, 2.45) is 46.3 Å². The minimum Gasteiger partial charge on any atom is -0.449 e. The Balaban J connectivity index is 1.21. The molecule has 1 saturated heterocycles. The number of aliphatic hydroxyl groups excluding tert-OH is 3. The van der Waals surface area contributed by atoms with E-state index in [1.807, 2.05) is 0 Å². The number of aliphatic hydroxyl groups is 3. The summed E-state index contributed by atoms with van der Waals surface area (Å²) >= 11 is 0. The molecule has 0 spiro atoms. The van der Waals surface area contributed by atoms with Crippen LogP contribution in [0, 0.1) is 46.3 Å². The molecule has 5 aliphatic rings. The van der Waals surface area contributed by atoms with Crippen molar-refractivity contribution in [3.8, 4) is 0 Å². The van der Waals surface area contributed by atoms with Gasteiger partial charge >= 0.3 is 6.09 Å². The Morgan fingerprint density at radius 1 is 0.889 bits per heavy atom. The molecule has 1 amide bonds. The lowest BCUT2D eigenvalue weighted by molar-refractivity contribution is -0.202. The number of carbonyl (C=O) groups excluding carboxylic acids is 1. The summed E-state index contributed by atoms with van der Waals surface area (Å²) in [6.07, 6.45) is 11.1. The summed E-state index contributed by atoms with van der Waals surface area (Å²) in [7, 11) is 0. The van der Waals surface area contributed by atoms with Gasteiger partial charge in [0.25, 0.3) is 0 Å². The first kappa shape index (κ1) is 26.7. The number of piperidine rings is 1. The summed E-state index contributed by atoms with van der Waals surface area (Å²) in [6, 6.07) is 0. The second kappa shape index (κ2) is 10.4. The zero-order valence-electron chi connectivity index (χ0n) is 22.9. The maximum Gasteiger partial charge on any atom is 0.409 e. The number of hydrogen-bond donors (Lipinski definition) is 3. The smallest absolute Gasteiger partial charge is 0.409 e. The normalized spacial score (nSPS) is 47.1. The van der Waals surface area contributed by atoms with Crippen LogP contribution in [-0.4, -0.2) is 64.3 Å². The third kappa shape index (κ3) is 4.51. The molecule has 0 aromatic carbocycles. The summed E-state index contributed by atoms with van der Waals surface area (Å²) in [5.74, 6) is 2.94. The van der Waals surface area contributed by atoms with Crippen molar-refractivity contribution in [2.45, 2.75) is 116 Å². The van der Waals surface area contributed by atoms with E-state index < -0.39 is 0 Å². The quantitative estimate of drug-likeness (QED) is 0.458. The molecule has 5 fully saturated rings. The van der Waals surface area contributed by atoms with Crippen molar-refractivity contribution < 1.29 is 24.9 Å². The highest BCUT2D eigenvalue weighted by molar-refractivity contribution is 5.67. The van der Waals surface area contributed by atoms with E-state index in [1.165, 1.54) is 25.7 Å². The number of rotatable bonds is 5. The Bertz CT molecular complexity index is 783. The van der Waals surface area contributed by atoms with Crippen LogP contribution in [0.25, 0.3) is 0 Å². The zero-order chi connectivity index (χ0) is 25.7. The van der Waals surface area contributed by atoms with Gasteiger partial charge in [-0.2, -0.15) is 0 Å². The summed E-state index contributed by atoms with van der Waals surface area (Å²) in [5, 5.41) is 31.9. The van der Waals surface area contributed by atoms with Crippen LogP contribution in [0.5, 0.6) is 0 Å². The molecule has 10 atom stereocenters. The van der Waals surface area contributed by atoms with E-state index >= 15 is 0 Å².